The molecule has 1 saturated heterocycles. The molecule has 1 aromatic rings. The molecule has 1 amide bonds. The summed E-state index contributed by atoms with van der Waals surface area (Å²) in [6.45, 7) is 0.874. The lowest BCUT2D eigenvalue weighted by Crippen LogP contribution is -2.41. The molecular weight excluding hydrogens is 228 g/mol. The minimum Gasteiger partial charge on any atom is -0.394 e. The van der Waals surface area contributed by atoms with Crippen LogP contribution < -0.4 is 5.01 Å². The molecule has 0 aromatic heterocycles. The number of aliphatic hydroxyl groups is 1. The molecule has 1 N–H and O–H groups in total. The van der Waals surface area contributed by atoms with Crippen LogP contribution in [0.25, 0.3) is 0 Å². The summed E-state index contributed by atoms with van der Waals surface area (Å²) in [7, 11) is 0. The Hall–Kier alpha value is -1.26. The van der Waals surface area contributed by atoms with Crippen LogP contribution in [-0.4, -0.2) is 35.7 Å². The van der Waals surface area contributed by atoms with Crippen LogP contribution in [0, 0.1) is 0 Å². The minimum absolute atomic E-state index is 0.0222. The Morgan fingerprint density at radius 2 is 2.12 bits per heavy atom. The summed E-state index contributed by atoms with van der Waals surface area (Å²) < 4.78 is 0. The molecule has 1 aromatic carbocycles. The molecule has 0 radical (unpaired) electrons. The van der Waals surface area contributed by atoms with Gasteiger partial charge in [0.2, 0.25) is 5.91 Å². The number of halogens is 1. The van der Waals surface area contributed by atoms with Crippen LogP contribution in [0.1, 0.15) is 6.42 Å². The topological polar surface area (TPSA) is 43.8 Å². The molecule has 1 aliphatic heterocycles. The summed E-state index contributed by atoms with van der Waals surface area (Å²) in [4.78, 5) is 11.6. The van der Waals surface area contributed by atoms with Gasteiger partial charge in [0.15, 0.2) is 0 Å². The third-order valence-electron chi connectivity index (χ3n) is 2.56. The van der Waals surface area contributed by atoms with Gasteiger partial charge in [-0.2, -0.15) is 0 Å². The predicted molar refractivity (Wildman–Crippen MR) is 62.2 cm³/mol. The highest BCUT2D eigenvalue weighted by atomic mass is 35.5. The lowest BCUT2D eigenvalue weighted by molar-refractivity contribution is -0.128. The number of aliphatic hydroxyl groups excluding tert-OH is 1. The maximum Gasteiger partial charge on any atom is 0.243 e. The van der Waals surface area contributed by atoms with Crippen molar-refractivity contribution < 1.29 is 9.90 Å². The molecule has 1 aliphatic rings. The normalized spacial score (nSPS) is 16.0. The van der Waals surface area contributed by atoms with Gasteiger partial charge in [-0.3, -0.25) is 14.8 Å². The van der Waals surface area contributed by atoms with E-state index in [-0.39, 0.29) is 12.5 Å². The lowest BCUT2D eigenvalue weighted by Gasteiger charge is -2.29. The highest BCUT2D eigenvalue weighted by Gasteiger charge is 2.29. The van der Waals surface area contributed by atoms with E-state index < -0.39 is 0 Å². The van der Waals surface area contributed by atoms with Crippen molar-refractivity contribution in [3.8, 4) is 0 Å². The number of hydrazine groups is 1. The number of hydrogen-bond acceptors (Lipinski definition) is 3. The first kappa shape index (κ1) is 11.2. The first-order chi connectivity index (χ1) is 7.74. The Labute approximate surface area is 99.0 Å². The van der Waals surface area contributed by atoms with Gasteiger partial charge in [-0.05, 0) is 12.1 Å². The van der Waals surface area contributed by atoms with Gasteiger partial charge in [-0.15, -0.1) is 0 Å². The Kier molecular flexibility index (Phi) is 3.31. The monoisotopic (exact) mass is 240 g/mol. The van der Waals surface area contributed by atoms with E-state index in [2.05, 4.69) is 0 Å². The second-order valence-electron chi connectivity index (χ2n) is 3.57. The van der Waals surface area contributed by atoms with Crippen LogP contribution in [0.3, 0.4) is 0 Å². The van der Waals surface area contributed by atoms with E-state index in [0.717, 1.165) is 5.69 Å². The molecule has 0 bridgehead atoms. The van der Waals surface area contributed by atoms with Crippen molar-refractivity contribution in [2.24, 2.45) is 0 Å². The number of hydrogen-bond donors (Lipinski definition) is 1. The first-order valence-electron chi connectivity index (χ1n) is 5.17. The molecular formula is C11H13ClN2O2. The summed E-state index contributed by atoms with van der Waals surface area (Å²) in [5.41, 5.74) is 0.809. The third kappa shape index (κ3) is 1.99. The third-order valence-corrected chi connectivity index (χ3v) is 2.88. The Morgan fingerprint density at radius 1 is 1.38 bits per heavy atom. The molecule has 86 valence electrons. The van der Waals surface area contributed by atoms with Gasteiger partial charge in [-0.1, -0.05) is 23.7 Å². The fourth-order valence-corrected chi connectivity index (χ4v) is 2.07. The zero-order chi connectivity index (χ0) is 11.5. The van der Waals surface area contributed by atoms with Crippen LogP contribution in [0.2, 0.25) is 5.02 Å². The minimum atomic E-state index is -0.0489. The number of carbonyl (C=O) groups is 1. The van der Waals surface area contributed by atoms with E-state index in [1.54, 1.807) is 11.1 Å². The van der Waals surface area contributed by atoms with E-state index >= 15 is 0 Å². The standard InChI is InChI=1S/C11H13ClN2O2/c12-9-3-1-2-4-10(9)13-6-5-11(16)14(13)7-8-15/h1-4,15H,5-8H2. The van der Waals surface area contributed by atoms with Gasteiger partial charge in [0.25, 0.3) is 0 Å². The largest absolute Gasteiger partial charge is 0.394 e. The van der Waals surface area contributed by atoms with Gasteiger partial charge in [0.05, 0.1) is 23.9 Å². The number of rotatable bonds is 3. The molecule has 0 aliphatic carbocycles. The summed E-state index contributed by atoms with van der Waals surface area (Å²) in [6, 6.07) is 7.38. The lowest BCUT2D eigenvalue weighted by atomic mass is 10.3. The first-order valence-corrected chi connectivity index (χ1v) is 5.55. The van der Waals surface area contributed by atoms with Gasteiger partial charge >= 0.3 is 0 Å². The molecule has 0 saturated carbocycles. The van der Waals surface area contributed by atoms with Crippen LogP contribution in [-0.2, 0) is 4.79 Å². The van der Waals surface area contributed by atoms with Gasteiger partial charge in [-0.25, -0.2) is 0 Å². The number of benzene rings is 1. The number of β-amino-alcohol motifs (C(OH)–C–C–N with tert-alkyl or cyclic N) is 1. The van der Waals surface area contributed by atoms with Crippen LogP contribution in [0.15, 0.2) is 24.3 Å². The zero-order valence-electron chi connectivity index (χ0n) is 8.77. The van der Waals surface area contributed by atoms with Crippen molar-refractivity contribution >= 4 is 23.2 Å². The Balaban J connectivity index is 2.27. The smallest absolute Gasteiger partial charge is 0.243 e. The molecule has 4 nitrogen and oxygen atoms in total. The van der Waals surface area contributed by atoms with Crippen LogP contribution >= 0.6 is 11.6 Å². The number of carbonyl (C=O) groups excluding carboxylic acids is 1. The molecule has 16 heavy (non-hydrogen) atoms. The Bertz CT molecular complexity index is 397. The second-order valence-corrected chi connectivity index (χ2v) is 3.97. The van der Waals surface area contributed by atoms with E-state index in [1.165, 1.54) is 0 Å². The van der Waals surface area contributed by atoms with Gasteiger partial charge < -0.3 is 5.11 Å². The van der Waals surface area contributed by atoms with Crippen molar-refractivity contribution in [2.45, 2.75) is 6.42 Å². The highest BCUT2D eigenvalue weighted by molar-refractivity contribution is 6.33. The summed E-state index contributed by atoms with van der Waals surface area (Å²) >= 11 is 6.08. The quantitative estimate of drug-likeness (QED) is 0.866. The second kappa shape index (κ2) is 4.72. The zero-order valence-corrected chi connectivity index (χ0v) is 9.52. The summed E-state index contributed by atoms with van der Waals surface area (Å²) in [5.74, 6) is 0.0222. The van der Waals surface area contributed by atoms with Crippen molar-refractivity contribution in [1.29, 1.82) is 0 Å². The van der Waals surface area contributed by atoms with Crippen molar-refractivity contribution in [3.05, 3.63) is 29.3 Å². The molecule has 2 rings (SSSR count). The summed E-state index contributed by atoms with van der Waals surface area (Å²) in [5, 5.41) is 12.9. The number of amides is 1. The number of nitrogens with zero attached hydrogens (tertiary/aromatic N) is 2. The highest BCUT2D eigenvalue weighted by Crippen LogP contribution is 2.29. The van der Waals surface area contributed by atoms with Crippen molar-refractivity contribution in [1.82, 2.24) is 5.01 Å². The van der Waals surface area contributed by atoms with Gasteiger partial charge in [0.1, 0.15) is 0 Å². The van der Waals surface area contributed by atoms with Crippen molar-refractivity contribution in [2.75, 3.05) is 24.7 Å². The van der Waals surface area contributed by atoms with Crippen LogP contribution in [0.4, 0.5) is 5.69 Å². The van der Waals surface area contributed by atoms with Gasteiger partial charge in [0, 0.05) is 13.0 Å². The number of anilines is 1. The maximum absolute atomic E-state index is 11.6. The molecule has 0 spiro atoms. The van der Waals surface area contributed by atoms with E-state index in [9.17, 15) is 4.79 Å². The van der Waals surface area contributed by atoms with Crippen LogP contribution in [0.5, 0.6) is 0 Å². The molecule has 0 atom stereocenters. The fourth-order valence-electron chi connectivity index (χ4n) is 1.84. The number of para-hydroxylation sites is 1. The average molecular weight is 241 g/mol. The maximum atomic E-state index is 11.6. The molecule has 0 unspecified atom stereocenters. The summed E-state index contributed by atoms with van der Waals surface area (Å²) in [6.07, 6.45) is 0.464. The average Bonchev–Trinajstić information content (AvgIpc) is 2.62. The van der Waals surface area contributed by atoms with E-state index in [1.807, 2.05) is 23.2 Å². The SMILES string of the molecule is O=C1CCN(c2ccccc2Cl)N1CCO. The Morgan fingerprint density at radius 3 is 2.81 bits per heavy atom. The van der Waals surface area contributed by atoms with E-state index in [4.69, 9.17) is 16.7 Å². The molecule has 1 fully saturated rings. The van der Waals surface area contributed by atoms with Crippen molar-refractivity contribution in [3.63, 3.8) is 0 Å². The fraction of sp³-hybridized carbons (Fsp3) is 0.364. The van der Waals surface area contributed by atoms with E-state index in [0.29, 0.717) is 24.5 Å². The predicted octanol–water partition coefficient (Wildman–Crippen LogP) is 1.29. The molecule has 1 heterocycles. The molecule has 5 heteroatoms.